The molecule has 1 N–H and O–H groups in total. The number of carbonyl (C=O) groups is 2. The maximum Gasteiger partial charge on any atom is 0.267 e. The average Bonchev–Trinajstić information content (AvgIpc) is 3.63. The van der Waals surface area contributed by atoms with Gasteiger partial charge in [0.05, 0.1) is 23.9 Å². The predicted molar refractivity (Wildman–Crippen MR) is 173 cm³/mol. The van der Waals surface area contributed by atoms with Crippen LogP contribution in [0.4, 0.5) is 10.1 Å². The lowest BCUT2D eigenvalue weighted by atomic mass is 10.1. The van der Waals surface area contributed by atoms with Crippen LogP contribution in [0.25, 0.3) is 12.2 Å². The number of nitrogens with zero attached hydrogens (tertiary/aromatic N) is 3. The minimum absolute atomic E-state index is 0.159. The molecule has 1 fully saturated rings. The summed E-state index contributed by atoms with van der Waals surface area (Å²) in [6, 6.07) is 23.6. The van der Waals surface area contributed by atoms with Gasteiger partial charge in [0.15, 0.2) is 11.8 Å². The van der Waals surface area contributed by atoms with Crippen LogP contribution < -0.4 is 10.1 Å². The molecule has 0 aliphatic carbocycles. The summed E-state index contributed by atoms with van der Waals surface area (Å²) in [6.45, 7) is 1.75. The highest BCUT2D eigenvalue weighted by molar-refractivity contribution is 8.18. The predicted octanol–water partition coefficient (Wildman–Crippen LogP) is 7.65. The molecule has 8 nitrogen and oxygen atoms in total. The van der Waals surface area contributed by atoms with Crippen LogP contribution in [-0.4, -0.2) is 34.7 Å². The van der Waals surface area contributed by atoms with Crippen molar-refractivity contribution in [2.45, 2.75) is 13.5 Å². The number of carbonyl (C=O) groups excluding carboxylic acids is 2. The van der Waals surface area contributed by atoms with Gasteiger partial charge < -0.3 is 14.5 Å². The summed E-state index contributed by atoms with van der Waals surface area (Å²) < 4.78 is 24.4. The first-order valence-corrected chi connectivity index (χ1v) is 14.6. The van der Waals surface area contributed by atoms with E-state index in [0.29, 0.717) is 37.9 Å². The fourth-order valence-corrected chi connectivity index (χ4v) is 5.18. The molecule has 4 aromatic rings. The number of rotatable bonds is 10. The largest absolute Gasteiger partial charge is 0.483 e. The molecule has 0 unspecified atom stereocenters. The molecule has 3 aromatic carbocycles. The van der Waals surface area contributed by atoms with E-state index in [9.17, 15) is 14.0 Å². The molecule has 0 spiro atoms. The van der Waals surface area contributed by atoms with E-state index in [1.165, 1.54) is 35.4 Å². The zero-order valence-corrected chi connectivity index (χ0v) is 25.0. The first-order valence-electron chi connectivity index (χ1n) is 13.4. The monoisotopic (exact) mass is 628 g/mol. The Morgan fingerprint density at radius 1 is 1.09 bits per heavy atom. The highest BCUT2D eigenvalue weighted by Crippen LogP contribution is 2.36. The second-order valence-electron chi connectivity index (χ2n) is 9.53. The van der Waals surface area contributed by atoms with Crippen molar-refractivity contribution >= 4 is 64.4 Å². The minimum Gasteiger partial charge on any atom is -0.483 e. The molecule has 1 aliphatic rings. The molecule has 1 aromatic heterocycles. The van der Waals surface area contributed by atoms with Gasteiger partial charge in [-0.15, -0.1) is 5.10 Å². The summed E-state index contributed by atoms with van der Waals surface area (Å²) in [5.41, 5.74) is 2.84. The number of amides is 2. The average molecular weight is 629 g/mol. The van der Waals surface area contributed by atoms with Crippen LogP contribution >= 0.6 is 23.4 Å². The van der Waals surface area contributed by atoms with Gasteiger partial charge in [0.1, 0.15) is 17.3 Å². The SMILES string of the molecule is CC(/C=N/N=C1\S/C(=C\c2cc(Cl)ccc2OCC(=O)Nc2ccc(F)cc2)C(=O)N1Cc1ccco1)=C\c1ccccc1. The topological polar surface area (TPSA) is 96.5 Å². The summed E-state index contributed by atoms with van der Waals surface area (Å²) >= 11 is 7.42. The summed E-state index contributed by atoms with van der Waals surface area (Å²) in [5, 5.41) is 12.0. The third kappa shape index (κ3) is 8.33. The Balaban J connectivity index is 1.35. The van der Waals surface area contributed by atoms with Crippen molar-refractivity contribution in [1.82, 2.24) is 4.90 Å². The second kappa shape index (κ2) is 14.5. The minimum atomic E-state index is -0.440. The van der Waals surface area contributed by atoms with Crippen molar-refractivity contribution in [2.75, 3.05) is 11.9 Å². The number of anilines is 1. The lowest BCUT2D eigenvalue weighted by Gasteiger charge is -2.13. The number of amidine groups is 1. The maximum absolute atomic E-state index is 13.6. The summed E-state index contributed by atoms with van der Waals surface area (Å²) in [4.78, 5) is 27.8. The standard InChI is InChI=1S/C33H26ClFN4O4S/c1-22(16-23-6-3-2-4-7-23)19-36-38-33-39(20-28-8-5-15-42-28)32(41)30(44-33)18-24-17-25(34)9-14-29(24)43-21-31(40)37-27-12-10-26(35)11-13-27/h2-19H,20-21H2,1H3,(H,37,40)/b22-16+,30-18-,36-19+,38-33-. The number of allylic oxidation sites excluding steroid dienone is 1. The number of furan rings is 1. The van der Waals surface area contributed by atoms with Crippen molar-refractivity contribution in [2.24, 2.45) is 10.2 Å². The summed E-state index contributed by atoms with van der Waals surface area (Å²) in [6.07, 6.45) is 6.77. The Hall–Kier alpha value is -4.93. The molecule has 0 radical (unpaired) electrons. The van der Waals surface area contributed by atoms with Gasteiger partial charge in [0.2, 0.25) is 0 Å². The Morgan fingerprint density at radius 2 is 1.89 bits per heavy atom. The number of ether oxygens (including phenoxy) is 1. The number of halogens is 2. The van der Waals surface area contributed by atoms with Crippen LogP contribution in [0.1, 0.15) is 23.8 Å². The molecule has 0 atom stereocenters. The van der Waals surface area contributed by atoms with E-state index in [0.717, 1.165) is 22.9 Å². The molecule has 0 saturated carbocycles. The van der Waals surface area contributed by atoms with Gasteiger partial charge in [-0.05, 0) is 90.5 Å². The molecular weight excluding hydrogens is 603 g/mol. The number of benzene rings is 3. The summed E-state index contributed by atoms with van der Waals surface area (Å²) in [5.74, 6) is -0.236. The normalized spacial score (nSPS) is 15.5. The Kier molecular flexibility index (Phi) is 10.1. The van der Waals surface area contributed by atoms with Crippen molar-refractivity contribution < 1.29 is 23.1 Å². The van der Waals surface area contributed by atoms with Crippen LogP contribution in [0.5, 0.6) is 5.75 Å². The van der Waals surface area contributed by atoms with Crippen molar-refractivity contribution in [1.29, 1.82) is 0 Å². The van der Waals surface area contributed by atoms with Gasteiger partial charge in [-0.1, -0.05) is 48.0 Å². The van der Waals surface area contributed by atoms with Crippen molar-refractivity contribution in [3.05, 3.63) is 129 Å². The third-order valence-corrected chi connectivity index (χ3v) is 7.36. The van der Waals surface area contributed by atoms with Gasteiger partial charge in [0, 0.05) is 16.3 Å². The zero-order valence-electron chi connectivity index (χ0n) is 23.4. The molecule has 222 valence electrons. The quantitative estimate of drug-likeness (QED) is 0.111. The van der Waals surface area contributed by atoms with Crippen LogP contribution in [0.3, 0.4) is 0 Å². The van der Waals surface area contributed by atoms with E-state index in [2.05, 4.69) is 15.5 Å². The molecule has 0 bridgehead atoms. The number of nitrogens with one attached hydrogen (secondary N) is 1. The highest BCUT2D eigenvalue weighted by atomic mass is 35.5. The zero-order chi connectivity index (χ0) is 30.9. The van der Waals surface area contributed by atoms with Gasteiger partial charge in [-0.3, -0.25) is 14.5 Å². The molecule has 1 saturated heterocycles. The fourth-order valence-electron chi connectivity index (χ4n) is 4.08. The molecule has 5 rings (SSSR count). The molecule has 44 heavy (non-hydrogen) atoms. The van der Waals surface area contributed by atoms with E-state index < -0.39 is 11.7 Å². The van der Waals surface area contributed by atoms with Gasteiger partial charge in [-0.25, -0.2) is 4.39 Å². The van der Waals surface area contributed by atoms with Gasteiger partial charge in [0.25, 0.3) is 11.8 Å². The van der Waals surface area contributed by atoms with E-state index in [1.807, 2.05) is 43.3 Å². The van der Waals surface area contributed by atoms with Crippen LogP contribution in [0, 0.1) is 5.82 Å². The Morgan fingerprint density at radius 3 is 2.64 bits per heavy atom. The first kappa shape index (κ1) is 30.5. The third-order valence-electron chi connectivity index (χ3n) is 6.13. The van der Waals surface area contributed by atoms with E-state index in [-0.39, 0.29) is 19.1 Å². The summed E-state index contributed by atoms with van der Waals surface area (Å²) in [7, 11) is 0. The highest BCUT2D eigenvalue weighted by Gasteiger charge is 2.34. The first-order chi connectivity index (χ1) is 21.3. The smallest absolute Gasteiger partial charge is 0.267 e. The molecule has 2 heterocycles. The van der Waals surface area contributed by atoms with E-state index >= 15 is 0 Å². The van der Waals surface area contributed by atoms with E-state index in [1.54, 1.807) is 42.6 Å². The Labute approximate surface area is 262 Å². The number of hydrogen-bond acceptors (Lipinski definition) is 7. The molecule has 11 heteroatoms. The van der Waals surface area contributed by atoms with E-state index in [4.69, 9.17) is 20.8 Å². The molecular formula is C33H26ClFN4O4S. The second-order valence-corrected chi connectivity index (χ2v) is 11.0. The van der Waals surface area contributed by atoms with Gasteiger partial charge in [-0.2, -0.15) is 5.10 Å². The van der Waals surface area contributed by atoms with Gasteiger partial charge >= 0.3 is 0 Å². The molecule has 2 amide bonds. The maximum atomic E-state index is 13.6. The van der Waals surface area contributed by atoms with Crippen LogP contribution in [-0.2, 0) is 16.1 Å². The molecule has 1 aliphatic heterocycles. The fraction of sp³-hybridized carbons (Fsp3) is 0.0909. The van der Waals surface area contributed by atoms with Crippen molar-refractivity contribution in [3.63, 3.8) is 0 Å². The lowest BCUT2D eigenvalue weighted by molar-refractivity contribution is -0.122. The van der Waals surface area contributed by atoms with Crippen molar-refractivity contribution in [3.8, 4) is 5.75 Å². The number of hydrogen-bond donors (Lipinski definition) is 1. The van der Waals surface area contributed by atoms with Crippen LogP contribution in [0.2, 0.25) is 5.02 Å². The Bertz CT molecular complexity index is 1750. The van der Waals surface area contributed by atoms with Crippen LogP contribution in [0.15, 0.2) is 116 Å². The number of thioether (sulfide) groups is 1. The lowest BCUT2D eigenvalue weighted by Crippen LogP contribution is -2.28.